The topological polar surface area (TPSA) is 113 Å². The van der Waals surface area contributed by atoms with Crippen molar-refractivity contribution in [2.75, 3.05) is 5.32 Å². The SMILES string of the molecule is CC(C)(C)OC(=O)Nc1ccc(Cl)c([C@@H](N[S@@](=O)C(C)(C)C)c2cc3cccc(-c4cc([C@](C)(O)C(F)(F)F)ccn4)c3s2)n1. The van der Waals surface area contributed by atoms with Crippen molar-refractivity contribution in [1.29, 1.82) is 0 Å². The molecule has 0 fully saturated rings. The summed E-state index contributed by atoms with van der Waals surface area (Å²) < 4.78 is 62.7. The molecular formula is C31H34ClF3N4O4S2. The Morgan fingerprint density at radius 2 is 1.73 bits per heavy atom. The summed E-state index contributed by atoms with van der Waals surface area (Å²) in [6.07, 6.45) is -4.38. The van der Waals surface area contributed by atoms with E-state index in [0.717, 1.165) is 11.5 Å². The Hall–Kier alpha value is -3.10. The molecule has 14 heteroatoms. The molecule has 0 saturated heterocycles. The van der Waals surface area contributed by atoms with Gasteiger partial charge < -0.3 is 9.84 Å². The molecule has 1 amide bonds. The maximum absolute atomic E-state index is 13.6. The van der Waals surface area contributed by atoms with Gasteiger partial charge in [0.05, 0.1) is 38.2 Å². The van der Waals surface area contributed by atoms with Gasteiger partial charge >= 0.3 is 12.3 Å². The highest BCUT2D eigenvalue weighted by molar-refractivity contribution is 7.84. The van der Waals surface area contributed by atoms with Crippen LogP contribution in [0.5, 0.6) is 0 Å². The zero-order valence-corrected chi connectivity index (χ0v) is 28.1. The molecule has 0 radical (unpaired) electrons. The first kappa shape index (κ1) is 34.8. The summed E-state index contributed by atoms with van der Waals surface area (Å²) in [5, 5.41) is 13.9. The maximum Gasteiger partial charge on any atom is 0.421 e. The van der Waals surface area contributed by atoms with Crippen molar-refractivity contribution >= 4 is 55.9 Å². The van der Waals surface area contributed by atoms with Gasteiger partial charge in [-0.05, 0) is 89.7 Å². The third-order valence-corrected chi connectivity index (χ3v) is 9.69. The van der Waals surface area contributed by atoms with E-state index in [4.69, 9.17) is 16.3 Å². The van der Waals surface area contributed by atoms with Gasteiger partial charge in [0.2, 0.25) is 0 Å². The van der Waals surface area contributed by atoms with Crippen molar-refractivity contribution in [1.82, 2.24) is 14.7 Å². The van der Waals surface area contributed by atoms with Crippen molar-refractivity contribution in [3.8, 4) is 11.3 Å². The fourth-order valence-electron chi connectivity index (χ4n) is 4.14. The molecule has 3 N–H and O–H groups in total. The number of carbonyl (C=O) groups excluding carboxylic acids is 1. The molecule has 3 atom stereocenters. The number of anilines is 1. The van der Waals surface area contributed by atoms with Gasteiger partial charge in [0.25, 0.3) is 0 Å². The Balaban J connectivity index is 1.83. The molecule has 45 heavy (non-hydrogen) atoms. The minimum Gasteiger partial charge on any atom is -0.444 e. The molecule has 242 valence electrons. The van der Waals surface area contributed by atoms with Gasteiger partial charge in [-0.1, -0.05) is 29.8 Å². The van der Waals surface area contributed by atoms with Gasteiger partial charge in [-0.25, -0.2) is 18.7 Å². The van der Waals surface area contributed by atoms with Gasteiger partial charge in [-0.2, -0.15) is 13.2 Å². The molecule has 4 rings (SSSR count). The highest BCUT2D eigenvalue weighted by Gasteiger charge is 2.51. The van der Waals surface area contributed by atoms with Crippen LogP contribution >= 0.6 is 22.9 Å². The van der Waals surface area contributed by atoms with Crippen molar-refractivity contribution < 1.29 is 32.0 Å². The molecule has 0 aliphatic rings. The van der Waals surface area contributed by atoms with Crippen molar-refractivity contribution in [3.63, 3.8) is 0 Å². The molecule has 1 aromatic carbocycles. The number of halogens is 4. The summed E-state index contributed by atoms with van der Waals surface area (Å²) in [5.41, 5.74) is -3.10. The third-order valence-electron chi connectivity index (χ3n) is 6.55. The number of ether oxygens (including phenoxy) is 1. The highest BCUT2D eigenvalue weighted by Crippen LogP contribution is 2.42. The van der Waals surface area contributed by atoms with E-state index in [-0.39, 0.29) is 27.8 Å². The van der Waals surface area contributed by atoms with Gasteiger partial charge in [0, 0.05) is 21.3 Å². The molecule has 0 spiro atoms. The van der Waals surface area contributed by atoms with E-state index in [2.05, 4.69) is 20.0 Å². The Kier molecular flexibility index (Phi) is 9.73. The number of rotatable bonds is 7. The summed E-state index contributed by atoms with van der Waals surface area (Å²) in [5.74, 6) is 0.163. The fraction of sp³-hybridized carbons (Fsp3) is 0.387. The predicted molar refractivity (Wildman–Crippen MR) is 173 cm³/mol. The van der Waals surface area contributed by atoms with Crippen molar-refractivity contribution in [3.05, 3.63) is 75.9 Å². The van der Waals surface area contributed by atoms with Crippen LogP contribution in [0.25, 0.3) is 21.3 Å². The van der Waals surface area contributed by atoms with Gasteiger partial charge in [-0.3, -0.25) is 10.3 Å². The minimum absolute atomic E-state index is 0.163. The van der Waals surface area contributed by atoms with E-state index in [1.54, 1.807) is 59.7 Å². The number of amides is 1. The molecule has 0 saturated carbocycles. The van der Waals surface area contributed by atoms with E-state index in [1.165, 1.54) is 29.7 Å². The lowest BCUT2D eigenvalue weighted by atomic mass is 9.94. The first-order valence-corrected chi connectivity index (χ1v) is 16.1. The number of hydrogen-bond acceptors (Lipinski definition) is 7. The number of fused-ring (bicyclic) bond motifs is 1. The van der Waals surface area contributed by atoms with Crippen LogP contribution in [0.2, 0.25) is 5.02 Å². The van der Waals surface area contributed by atoms with E-state index in [1.807, 2.05) is 12.1 Å². The zero-order valence-electron chi connectivity index (χ0n) is 25.7. The second-order valence-electron chi connectivity index (χ2n) is 12.5. The lowest BCUT2D eigenvalue weighted by Crippen LogP contribution is -2.39. The lowest BCUT2D eigenvalue weighted by molar-refractivity contribution is -0.258. The standard InChI is InChI=1S/C31H34ClF3N4O4S2/c1-28(2,3)43-27(40)38-23-12-11-20(32)24(37-23)25(39-45(42)29(4,5)6)22-15-17-9-8-10-19(26(17)44-22)21-16-18(13-14-36-21)30(7,41)31(33,34)35/h8-16,25,39,41H,1-7H3,(H,37,38,40)/t25-,30-,45-/m0/s1. The normalized spacial score (nSPS) is 15.4. The molecule has 0 aliphatic heterocycles. The molecule has 0 aliphatic carbocycles. The minimum atomic E-state index is -4.89. The van der Waals surface area contributed by atoms with Gasteiger partial charge in [0.1, 0.15) is 11.4 Å². The van der Waals surface area contributed by atoms with E-state index >= 15 is 0 Å². The molecule has 8 nitrogen and oxygen atoms in total. The number of thiophene rings is 1. The number of alkyl halides is 3. The van der Waals surface area contributed by atoms with E-state index in [9.17, 15) is 27.3 Å². The van der Waals surface area contributed by atoms with Crippen LogP contribution in [-0.4, -0.2) is 41.9 Å². The number of nitrogens with one attached hydrogen (secondary N) is 2. The molecule has 4 aromatic rings. The summed E-state index contributed by atoms with van der Waals surface area (Å²) in [6, 6.07) is 11.8. The van der Waals surface area contributed by atoms with Crippen LogP contribution in [0.3, 0.4) is 0 Å². The molecule has 0 unspecified atom stereocenters. The van der Waals surface area contributed by atoms with E-state index < -0.39 is 45.2 Å². The summed E-state index contributed by atoms with van der Waals surface area (Å²) in [6.45, 7) is 11.3. The number of aromatic nitrogens is 2. The third kappa shape index (κ3) is 8.01. The summed E-state index contributed by atoms with van der Waals surface area (Å²) >= 11 is 7.94. The molecule has 0 bridgehead atoms. The number of carbonyl (C=O) groups is 1. The van der Waals surface area contributed by atoms with Crippen LogP contribution < -0.4 is 10.0 Å². The Bertz CT molecular complexity index is 1750. The summed E-state index contributed by atoms with van der Waals surface area (Å²) in [7, 11) is -1.59. The number of pyridine rings is 2. The quantitative estimate of drug-likeness (QED) is 0.181. The van der Waals surface area contributed by atoms with Crippen LogP contribution in [0.4, 0.5) is 23.8 Å². The fourth-order valence-corrected chi connectivity index (χ4v) is 6.47. The summed E-state index contributed by atoms with van der Waals surface area (Å²) in [4.78, 5) is 22.0. The predicted octanol–water partition coefficient (Wildman–Crippen LogP) is 8.27. The number of nitrogens with zero attached hydrogens (tertiary/aromatic N) is 2. The molecular weight excluding hydrogens is 649 g/mol. The smallest absolute Gasteiger partial charge is 0.421 e. The van der Waals surface area contributed by atoms with Crippen molar-refractivity contribution in [2.24, 2.45) is 0 Å². The lowest BCUT2D eigenvalue weighted by Gasteiger charge is -2.26. The van der Waals surface area contributed by atoms with Gasteiger partial charge in [-0.15, -0.1) is 11.3 Å². The Morgan fingerprint density at radius 3 is 2.36 bits per heavy atom. The zero-order chi connectivity index (χ0) is 33.5. The average Bonchev–Trinajstić information content (AvgIpc) is 3.35. The van der Waals surface area contributed by atoms with Crippen LogP contribution in [0.1, 0.15) is 70.6 Å². The second-order valence-corrected chi connectivity index (χ2v) is 16.0. The van der Waals surface area contributed by atoms with Crippen LogP contribution in [0, 0.1) is 0 Å². The number of benzene rings is 1. The first-order valence-electron chi connectivity index (χ1n) is 13.8. The number of hydrogen-bond donors (Lipinski definition) is 3. The largest absolute Gasteiger partial charge is 0.444 e. The Morgan fingerprint density at radius 1 is 1.04 bits per heavy atom. The monoisotopic (exact) mass is 682 g/mol. The Labute approximate surface area is 271 Å². The highest BCUT2D eigenvalue weighted by atomic mass is 35.5. The second kappa shape index (κ2) is 12.6. The van der Waals surface area contributed by atoms with Crippen molar-refractivity contribution in [2.45, 2.75) is 76.6 Å². The first-order chi connectivity index (χ1) is 20.7. The molecule has 3 aromatic heterocycles. The molecule has 3 heterocycles. The van der Waals surface area contributed by atoms with Crippen LogP contribution in [-0.2, 0) is 21.3 Å². The van der Waals surface area contributed by atoms with Gasteiger partial charge in [0.15, 0.2) is 5.60 Å². The van der Waals surface area contributed by atoms with E-state index in [0.29, 0.717) is 22.1 Å². The number of aliphatic hydroxyl groups is 1. The average molecular weight is 683 g/mol. The maximum atomic E-state index is 13.6. The van der Waals surface area contributed by atoms with Crippen LogP contribution in [0.15, 0.2) is 54.7 Å².